The fourth-order valence-electron chi connectivity index (χ4n) is 2.21. The number of ether oxygens (including phenoxy) is 1. The number of aliphatic hydroxyl groups excluding tert-OH is 1. The molecule has 0 saturated heterocycles. The second-order valence-corrected chi connectivity index (χ2v) is 6.33. The second-order valence-electron chi connectivity index (χ2n) is 6.33. The van der Waals surface area contributed by atoms with Gasteiger partial charge in [-0.25, -0.2) is 0 Å². The van der Waals surface area contributed by atoms with Crippen molar-refractivity contribution >= 4 is 5.91 Å². The van der Waals surface area contributed by atoms with Crippen LogP contribution in [0.4, 0.5) is 0 Å². The fraction of sp³-hybridized carbons (Fsp3) is 0.444. The number of aromatic nitrogens is 2. The lowest BCUT2D eigenvalue weighted by molar-refractivity contribution is 0.0911. The maximum absolute atomic E-state index is 12.1. The molecule has 1 atom stereocenters. The molecule has 1 unspecified atom stereocenters. The van der Waals surface area contributed by atoms with Crippen molar-refractivity contribution in [3.63, 3.8) is 0 Å². The van der Waals surface area contributed by atoms with Crippen LogP contribution in [0.25, 0.3) is 0 Å². The van der Waals surface area contributed by atoms with Crippen molar-refractivity contribution in [1.29, 1.82) is 0 Å². The summed E-state index contributed by atoms with van der Waals surface area (Å²) in [5.41, 5.74) is 1.92. The minimum Gasteiger partial charge on any atom is -0.491 e. The predicted octanol–water partition coefficient (Wildman–Crippen LogP) is 2.78. The molecule has 0 spiro atoms. The van der Waals surface area contributed by atoms with Crippen LogP contribution in [0, 0.1) is 0 Å². The molecule has 0 aliphatic heterocycles. The molecule has 0 aliphatic rings. The number of rotatable bonds is 7. The van der Waals surface area contributed by atoms with Crippen LogP contribution >= 0.6 is 0 Å². The molecule has 0 radical (unpaired) electrons. The summed E-state index contributed by atoms with van der Waals surface area (Å²) in [6.45, 7) is 8.03. The van der Waals surface area contributed by atoms with E-state index in [-0.39, 0.29) is 24.5 Å². The van der Waals surface area contributed by atoms with Crippen molar-refractivity contribution in [2.24, 2.45) is 0 Å². The maximum Gasteiger partial charge on any atom is 0.271 e. The van der Waals surface area contributed by atoms with Gasteiger partial charge in [-0.2, -0.15) is 5.10 Å². The van der Waals surface area contributed by atoms with Crippen molar-refractivity contribution in [2.45, 2.75) is 45.8 Å². The van der Waals surface area contributed by atoms with Crippen LogP contribution in [0.1, 0.15) is 61.5 Å². The van der Waals surface area contributed by atoms with E-state index in [1.807, 2.05) is 39.8 Å². The molecular weight excluding hydrogens is 306 g/mol. The Labute approximate surface area is 142 Å². The third-order valence-corrected chi connectivity index (χ3v) is 3.52. The van der Waals surface area contributed by atoms with Gasteiger partial charge in [-0.15, -0.1) is 0 Å². The number of nitrogens with zero attached hydrogens (tertiary/aromatic N) is 1. The van der Waals surface area contributed by atoms with Gasteiger partial charge in [0, 0.05) is 12.2 Å². The van der Waals surface area contributed by atoms with Crippen LogP contribution in [0.15, 0.2) is 30.3 Å². The molecule has 2 rings (SSSR count). The smallest absolute Gasteiger partial charge is 0.271 e. The van der Waals surface area contributed by atoms with E-state index in [9.17, 15) is 9.90 Å². The van der Waals surface area contributed by atoms with E-state index in [1.165, 1.54) is 0 Å². The summed E-state index contributed by atoms with van der Waals surface area (Å²) in [4.78, 5) is 12.1. The molecule has 0 fully saturated rings. The number of amides is 1. The number of carbonyl (C=O) groups is 1. The Morgan fingerprint density at radius 3 is 2.67 bits per heavy atom. The zero-order valence-corrected chi connectivity index (χ0v) is 14.5. The Hall–Kier alpha value is -2.34. The summed E-state index contributed by atoms with van der Waals surface area (Å²) in [6.07, 6.45) is -0.750. The van der Waals surface area contributed by atoms with Gasteiger partial charge < -0.3 is 15.2 Å². The largest absolute Gasteiger partial charge is 0.491 e. The second kappa shape index (κ2) is 7.97. The van der Waals surface area contributed by atoms with E-state index in [0.29, 0.717) is 17.0 Å². The highest BCUT2D eigenvalue weighted by Crippen LogP contribution is 2.20. The summed E-state index contributed by atoms with van der Waals surface area (Å²) >= 11 is 0. The minimum atomic E-state index is -0.812. The Morgan fingerprint density at radius 1 is 1.29 bits per heavy atom. The number of hydrogen-bond acceptors (Lipinski definition) is 4. The Morgan fingerprint density at radius 2 is 2.04 bits per heavy atom. The van der Waals surface area contributed by atoms with Gasteiger partial charge in [0.05, 0.1) is 12.2 Å². The molecule has 0 saturated carbocycles. The van der Waals surface area contributed by atoms with Gasteiger partial charge in [0.1, 0.15) is 11.4 Å². The molecule has 0 bridgehead atoms. The summed E-state index contributed by atoms with van der Waals surface area (Å²) in [7, 11) is 0. The highest BCUT2D eigenvalue weighted by Gasteiger charge is 2.15. The predicted molar refractivity (Wildman–Crippen MR) is 92.2 cm³/mol. The van der Waals surface area contributed by atoms with Gasteiger partial charge in [0.25, 0.3) is 5.91 Å². The Bertz CT molecular complexity index is 680. The van der Waals surface area contributed by atoms with E-state index < -0.39 is 6.10 Å². The molecule has 6 heteroatoms. The SMILES string of the molecule is CC(C)Oc1cccc(C(O)CNC(=O)c2cc(C(C)C)[nH]n2)c1. The average Bonchev–Trinajstić information content (AvgIpc) is 3.02. The number of hydrogen-bond donors (Lipinski definition) is 3. The first-order valence-corrected chi connectivity index (χ1v) is 8.15. The van der Waals surface area contributed by atoms with Gasteiger partial charge >= 0.3 is 0 Å². The van der Waals surface area contributed by atoms with E-state index >= 15 is 0 Å². The molecule has 2 aromatic rings. The van der Waals surface area contributed by atoms with Crippen molar-refractivity contribution in [3.05, 3.63) is 47.3 Å². The third-order valence-electron chi connectivity index (χ3n) is 3.52. The zero-order valence-electron chi connectivity index (χ0n) is 14.5. The fourth-order valence-corrected chi connectivity index (χ4v) is 2.21. The highest BCUT2D eigenvalue weighted by molar-refractivity contribution is 5.92. The van der Waals surface area contributed by atoms with Crippen LogP contribution < -0.4 is 10.1 Å². The van der Waals surface area contributed by atoms with Gasteiger partial charge in [-0.1, -0.05) is 26.0 Å². The molecule has 130 valence electrons. The Balaban J connectivity index is 1.94. The van der Waals surface area contributed by atoms with E-state index in [0.717, 1.165) is 5.69 Å². The molecule has 1 amide bonds. The van der Waals surface area contributed by atoms with Crippen molar-refractivity contribution in [3.8, 4) is 5.75 Å². The normalized spacial score (nSPS) is 12.5. The van der Waals surface area contributed by atoms with Gasteiger partial charge in [-0.05, 0) is 43.5 Å². The highest BCUT2D eigenvalue weighted by atomic mass is 16.5. The van der Waals surface area contributed by atoms with Crippen molar-refractivity contribution in [1.82, 2.24) is 15.5 Å². The number of nitrogens with one attached hydrogen (secondary N) is 2. The van der Waals surface area contributed by atoms with E-state index in [2.05, 4.69) is 15.5 Å². The first-order valence-electron chi connectivity index (χ1n) is 8.15. The number of benzene rings is 1. The van der Waals surface area contributed by atoms with E-state index in [1.54, 1.807) is 18.2 Å². The monoisotopic (exact) mass is 331 g/mol. The van der Waals surface area contributed by atoms with Crippen LogP contribution in [-0.4, -0.2) is 33.9 Å². The van der Waals surface area contributed by atoms with Crippen LogP contribution in [0.3, 0.4) is 0 Å². The quantitative estimate of drug-likeness (QED) is 0.728. The number of carbonyl (C=O) groups excluding carboxylic acids is 1. The molecule has 1 aromatic carbocycles. The number of aliphatic hydroxyl groups is 1. The Kier molecular flexibility index (Phi) is 5.98. The van der Waals surface area contributed by atoms with Crippen LogP contribution in [0.2, 0.25) is 0 Å². The van der Waals surface area contributed by atoms with Gasteiger partial charge in [-0.3, -0.25) is 9.89 Å². The first kappa shape index (κ1) is 18.0. The lowest BCUT2D eigenvalue weighted by Crippen LogP contribution is -2.28. The molecule has 6 nitrogen and oxygen atoms in total. The molecule has 24 heavy (non-hydrogen) atoms. The standard InChI is InChI=1S/C18H25N3O3/c1-11(2)15-9-16(21-20-15)18(23)19-10-17(22)13-6-5-7-14(8-13)24-12(3)4/h5-9,11-12,17,22H,10H2,1-4H3,(H,19,23)(H,20,21). The summed E-state index contributed by atoms with van der Waals surface area (Å²) < 4.78 is 5.61. The summed E-state index contributed by atoms with van der Waals surface area (Å²) in [5, 5.41) is 19.8. The molecular formula is C18H25N3O3. The summed E-state index contributed by atoms with van der Waals surface area (Å²) in [6, 6.07) is 8.97. The molecule has 0 aliphatic carbocycles. The van der Waals surface area contributed by atoms with Crippen molar-refractivity contribution in [2.75, 3.05) is 6.54 Å². The third kappa shape index (κ3) is 4.83. The number of aromatic amines is 1. The number of H-pyrrole nitrogens is 1. The summed E-state index contributed by atoms with van der Waals surface area (Å²) in [5.74, 6) is 0.655. The van der Waals surface area contributed by atoms with Gasteiger partial charge in [0.15, 0.2) is 0 Å². The first-order chi connectivity index (χ1) is 11.4. The average molecular weight is 331 g/mol. The lowest BCUT2D eigenvalue weighted by atomic mass is 10.1. The van der Waals surface area contributed by atoms with E-state index in [4.69, 9.17) is 4.74 Å². The molecule has 1 aromatic heterocycles. The zero-order chi connectivity index (χ0) is 17.7. The molecule has 3 N–H and O–H groups in total. The van der Waals surface area contributed by atoms with Gasteiger partial charge in [0.2, 0.25) is 0 Å². The molecule has 1 heterocycles. The van der Waals surface area contributed by atoms with Crippen molar-refractivity contribution < 1.29 is 14.6 Å². The van der Waals surface area contributed by atoms with Crippen LogP contribution in [0.5, 0.6) is 5.75 Å². The minimum absolute atomic E-state index is 0.0620. The maximum atomic E-state index is 12.1. The van der Waals surface area contributed by atoms with Crippen LogP contribution in [-0.2, 0) is 0 Å². The topological polar surface area (TPSA) is 87.2 Å². The lowest BCUT2D eigenvalue weighted by Gasteiger charge is -2.14.